The number of hydrogen-bond acceptors (Lipinski definition) is 6. The monoisotopic (exact) mass is 338 g/mol. The maximum Gasteiger partial charge on any atom is 0.231 e. The Kier molecular flexibility index (Phi) is 2.80. The first-order chi connectivity index (χ1) is 12.1. The summed E-state index contributed by atoms with van der Waals surface area (Å²) in [5.41, 5.74) is 1.90. The zero-order valence-electron chi connectivity index (χ0n) is 13.1. The van der Waals surface area contributed by atoms with Gasteiger partial charge < -0.3 is 24.1 Å². The number of phenols is 2. The third-order valence-corrected chi connectivity index (χ3v) is 4.87. The van der Waals surface area contributed by atoms with E-state index in [1.165, 1.54) is 12.1 Å². The van der Waals surface area contributed by atoms with E-state index in [1.54, 1.807) is 0 Å². The van der Waals surface area contributed by atoms with Crippen LogP contribution in [0.5, 0.6) is 23.0 Å². The van der Waals surface area contributed by atoms with Crippen LogP contribution >= 0.6 is 0 Å². The van der Waals surface area contributed by atoms with E-state index in [0.717, 1.165) is 5.56 Å². The molecule has 1 atom stereocenters. The van der Waals surface area contributed by atoms with Crippen LogP contribution < -0.4 is 9.47 Å². The average molecular weight is 338 g/mol. The van der Waals surface area contributed by atoms with E-state index in [4.69, 9.17) is 13.9 Å². The Labute approximate surface area is 142 Å². The van der Waals surface area contributed by atoms with Crippen molar-refractivity contribution in [1.82, 2.24) is 0 Å². The predicted octanol–water partition coefficient (Wildman–Crippen LogP) is 3.49. The largest absolute Gasteiger partial charge is 0.504 e. The van der Waals surface area contributed by atoms with Crippen molar-refractivity contribution in [1.29, 1.82) is 0 Å². The number of ketones is 1. The van der Waals surface area contributed by atoms with Crippen LogP contribution in [0.4, 0.5) is 0 Å². The molecule has 6 heteroatoms. The summed E-state index contributed by atoms with van der Waals surface area (Å²) in [5.74, 6) is 1.40. The van der Waals surface area contributed by atoms with Gasteiger partial charge in [-0.15, -0.1) is 0 Å². The average Bonchev–Trinajstić information content (AvgIpc) is 3.18. The summed E-state index contributed by atoms with van der Waals surface area (Å²) in [4.78, 5) is 12.7. The minimum Gasteiger partial charge on any atom is -0.504 e. The van der Waals surface area contributed by atoms with Gasteiger partial charge >= 0.3 is 0 Å². The molecule has 0 spiro atoms. The number of carbonyl (C=O) groups excluding carboxylic acids is 1. The normalized spacial score (nSPS) is 18.6. The lowest BCUT2D eigenvalue weighted by molar-refractivity contribution is 0.0962. The fourth-order valence-electron chi connectivity index (χ4n) is 3.65. The molecule has 6 nitrogen and oxygen atoms in total. The number of rotatable bonds is 1. The van der Waals surface area contributed by atoms with E-state index in [0.29, 0.717) is 46.6 Å². The Balaban J connectivity index is 1.57. The summed E-state index contributed by atoms with van der Waals surface area (Å²) < 4.78 is 16.5. The highest BCUT2D eigenvalue weighted by Crippen LogP contribution is 2.43. The van der Waals surface area contributed by atoms with Crippen molar-refractivity contribution < 1.29 is 28.9 Å². The molecule has 0 amide bonds. The number of phenolic OH excluding ortho intramolecular Hbond substituents is 2. The minimum atomic E-state index is -0.265. The second-order valence-corrected chi connectivity index (χ2v) is 6.38. The summed E-state index contributed by atoms with van der Waals surface area (Å²) in [6, 6.07) is 8.42. The Morgan fingerprint density at radius 2 is 1.76 bits per heavy atom. The van der Waals surface area contributed by atoms with Crippen molar-refractivity contribution in [3.63, 3.8) is 0 Å². The van der Waals surface area contributed by atoms with Crippen LogP contribution in [0.1, 0.15) is 34.0 Å². The summed E-state index contributed by atoms with van der Waals surface area (Å²) in [7, 11) is 0. The van der Waals surface area contributed by atoms with E-state index in [2.05, 4.69) is 0 Å². The Bertz CT molecular complexity index is 1030. The van der Waals surface area contributed by atoms with Gasteiger partial charge in [-0.2, -0.15) is 0 Å². The lowest BCUT2D eigenvalue weighted by Crippen LogP contribution is -2.17. The molecule has 1 aliphatic heterocycles. The van der Waals surface area contributed by atoms with Crippen molar-refractivity contribution >= 4 is 16.8 Å². The molecule has 25 heavy (non-hydrogen) atoms. The summed E-state index contributed by atoms with van der Waals surface area (Å²) in [5, 5.41) is 19.9. The quantitative estimate of drug-likeness (QED) is 0.660. The lowest BCUT2D eigenvalue weighted by atomic mass is 9.82. The fraction of sp³-hybridized carbons (Fsp3) is 0.211. The fourth-order valence-corrected chi connectivity index (χ4v) is 3.65. The smallest absolute Gasteiger partial charge is 0.231 e. The lowest BCUT2D eigenvalue weighted by Gasteiger charge is -2.21. The minimum absolute atomic E-state index is 0.0164. The maximum atomic E-state index is 12.7. The molecular formula is C19H14O6. The van der Waals surface area contributed by atoms with Crippen LogP contribution in [0.25, 0.3) is 11.0 Å². The zero-order valence-corrected chi connectivity index (χ0v) is 13.1. The van der Waals surface area contributed by atoms with Crippen molar-refractivity contribution in [3.05, 3.63) is 47.2 Å². The highest BCUT2D eigenvalue weighted by atomic mass is 16.7. The molecule has 1 unspecified atom stereocenters. The molecule has 3 aromatic rings. The molecule has 2 aliphatic rings. The number of Topliss-reactive ketones (excluding diaryl/α,β-unsaturated/α-hetero) is 1. The molecule has 0 saturated heterocycles. The number of ether oxygens (including phenoxy) is 2. The topological polar surface area (TPSA) is 89.1 Å². The first-order valence-electron chi connectivity index (χ1n) is 8.00. The van der Waals surface area contributed by atoms with Gasteiger partial charge in [-0.25, -0.2) is 0 Å². The van der Waals surface area contributed by atoms with Crippen molar-refractivity contribution in [2.75, 3.05) is 6.79 Å². The number of fused-ring (bicyclic) bond motifs is 4. The van der Waals surface area contributed by atoms with Gasteiger partial charge in [0.15, 0.2) is 28.8 Å². The van der Waals surface area contributed by atoms with Gasteiger partial charge in [-0.3, -0.25) is 4.79 Å². The van der Waals surface area contributed by atoms with Crippen LogP contribution in [0.3, 0.4) is 0 Å². The second-order valence-electron chi connectivity index (χ2n) is 6.38. The van der Waals surface area contributed by atoms with Crippen LogP contribution in [0, 0.1) is 0 Å². The Morgan fingerprint density at radius 1 is 0.960 bits per heavy atom. The highest BCUT2D eigenvalue weighted by Gasteiger charge is 2.32. The van der Waals surface area contributed by atoms with Gasteiger partial charge in [-0.05, 0) is 29.7 Å². The van der Waals surface area contributed by atoms with Crippen LogP contribution in [-0.4, -0.2) is 22.8 Å². The molecule has 2 aromatic carbocycles. The number of benzene rings is 2. The van der Waals surface area contributed by atoms with Crippen LogP contribution in [0.2, 0.25) is 0 Å². The van der Waals surface area contributed by atoms with Crippen molar-refractivity contribution in [2.24, 2.45) is 0 Å². The predicted molar refractivity (Wildman–Crippen MR) is 87.5 cm³/mol. The van der Waals surface area contributed by atoms with Gasteiger partial charge in [0.05, 0.1) is 5.56 Å². The van der Waals surface area contributed by atoms with Crippen molar-refractivity contribution in [2.45, 2.75) is 18.8 Å². The molecular weight excluding hydrogens is 324 g/mol. The summed E-state index contributed by atoms with van der Waals surface area (Å²) in [6.07, 6.45) is 0.917. The SMILES string of the molecule is O=C1CC(c2ccc3c(c2)OCO3)Cc2oc3cc(O)c(O)cc3c21. The van der Waals surface area contributed by atoms with Gasteiger partial charge in [0.25, 0.3) is 0 Å². The molecule has 5 rings (SSSR count). The van der Waals surface area contributed by atoms with E-state index < -0.39 is 0 Å². The first-order valence-corrected chi connectivity index (χ1v) is 8.00. The van der Waals surface area contributed by atoms with Gasteiger partial charge in [0.2, 0.25) is 6.79 Å². The number of aromatic hydroxyl groups is 2. The number of furan rings is 1. The number of carbonyl (C=O) groups is 1. The first kappa shape index (κ1) is 14.2. The molecule has 2 heterocycles. The third-order valence-electron chi connectivity index (χ3n) is 4.87. The van der Waals surface area contributed by atoms with E-state index in [9.17, 15) is 15.0 Å². The Hall–Kier alpha value is -3.15. The second kappa shape index (κ2) is 4.92. The van der Waals surface area contributed by atoms with Crippen LogP contribution in [0.15, 0.2) is 34.7 Å². The molecule has 0 saturated carbocycles. The molecule has 1 aliphatic carbocycles. The molecule has 126 valence electrons. The van der Waals surface area contributed by atoms with E-state index in [-0.39, 0.29) is 30.0 Å². The third kappa shape index (κ3) is 2.07. The van der Waals surface area contributed by atoms with E-state index >= 15 is 0 Å². The van der Waals surface area contributed by atoms with Gasteiger partial charge in [-0.1, -0.05) is 6.07 Å². The molecule has 2 N–H and O–H groups in total. The zero-order chi connectivity index (χ0) is 17.1. The van der Waals surface area contributed by atoms with Crippen molar-refractivity contribution in [3.8, 4) is 23.0 Å². The summed E-state index contributed by atoms with van der Waals surface area (Å²) in [6.45, 7) is 0.211. The van der Waals surface area contributed by atoms with Crippen LogP contribution in [-0.2, 0) is 6.42 Å². The van der Waals surface area contributed by atoms with E-state index in [1.807, 2.05) is 18.2 Å². The molecule has 1 aromatic heterocycles. The van der Waals surface area contributed by atoms with Gasteiger partial charge in [0.1, 0.15) is 11.3 Å². The molecule has 0 fully saturated rings. The molecule has 0 bridgehead atoms. The Morgan fingerprint density at radius 3 is 2.64 bits per heavy atom. The molecule has 0 radical (unpaired) electrons. The highest BCUT2D eigenvalue weighted by molar-refractivity contribution is 6.10. The maximum absolute atomic E-state index is 12.7. The number of hydrogen-bond donors (Lipinski definition) is 2. The van der Waals surface area contributed by atoms with Gasteiger partial charge in [0, 0.05) is 24.3 Å². The summed E-state index contributed by atoms with van der Waals surface area (Å²) >= 11 is 0. The standard InChI is InChI=1S/C19H14O6/c20-12-6-11-16(7-13(12)21)25-18-5-10(3-14(22)19(11)18)9-1-2-15-17(4-9)24-8-23-15/h1-2,4,6-7,10,20-21H,3,5,8H2.